The molecule has 10 heteroatoms. The molecule has 25 heavy (non-hydrogen) atoms. The van der Waals surface area contributed by atoms with E-state index in [0.29, 0.717) is 5.56 Å². The number of urea groups is 1. The molecule has 0 spiro atoms. The van der Waals surface area contributed by atoms with Gasteiger partial charge in [0.15, 0.2) is 0 Å². The van der Waals surface area contributed by atoms with Gasteiger partial charge in [-0.1, -0.05) is 17.7 Å². The third-order valence-corrected chi connectivity index (χ3v) is 4.38. The molecule has 2 rings (SSSR count). The van der Waals surface area contributed by atoms with Gasteiger partial charge in [-0.2, -0.15) is 13.2 Å². The van der Waals surface area contributed by atoms with Crippen LogP contribution in [0.1, 0.15) is 5.56 Å². The van der Waals surface area contributed by atoms with Crippen molar-refractivity contribution in [3.8, 4) is 0 Å². The lowest BCUT2D eigenvalue weighted by atomic mass is 9.96. The number of carboxylic acid groups (broad SMARTS) is 1. The summed E-state index contributed by atoms with van der Waals surface area (Å²) in [7, 11) is 0. The summed E-state index contributed by atoms with van der Waals surface area (Å²) in [4.78, 5) is 23.8. The fraction of sp³-hybridized carbons (Fsp3) is 0.467. The maximum Gasteiger partial charge on any atom is 0.394 e. The van der Waals surface area contributed by atoms with Crippen LogP contribution in [0, 0.1) is 17.7 Å². The molecule has 0 unspecified atom stereocenters. The number of rotatable bonds is 4. The summed E-state index contributed by atoms with van der Waals surface area (Å²) in [6, 6.07) is 2.98. The lowest BCUT2D eigenvalue weighted by molar-refractivity contribution is -0.187. The van der Waals surface area contributed by atoms with Crippen LogP contribution in [0.15, 0.2) is 18.2 Å². The van der Waals surface area contributed by atoms with E-state index < -0.39 is 48.9 Å². The van der Waals surface area contributed by atoms with Crippen LogP contribution in [0.3, 0.4) is 0 Å². The average Bonchev–Trinajstić information content (AvgIpc) is 2.95. The number of hydrogen-bond acceptors (Lipinski definition) is 2. The Morgan fingerprint density at radius 2 is 2.00 bits per heavy atom. The Bertz CT molecular complexity index is 669. The standard InChI is InChI=1S/C15H15ClF4N2O3/c16-12-5-9(17)2-1-8(12)3-4-21-14(25)22-6-10(13(23)24)11(7-22)15(18,19)20/h1-2,5,10-11H,3-4,6-7H2,(H,21,25)(H,23,24)/t10-,11-/m1/s1. The first kappa shape index (κ1) is 19.3. The number of carbonyl (C=O) groups is 2. The highest BCUT2D eigenvalue weighted by Crippen LogP contribution is 2.37. The molecule has 0 aromatic heterocycles. The molecule has 2 amide bonds. The maximum atomic E-state index is 12.9. The van der Waals surface area contributed by atoms with Crippen molar-refractivity contribution in [2.45, 2.75) is 12.6 Å². The first-order valence-corrected chi connectivity index (χ1v) is 7.73. The molecule has 0 radical (unpaired) electrons. The highest BCUT2D eigenvalue weighted by molar-refractivity contribution is 6.31. The normalized spacial score (nSPS) is 20.6. The Labute approximate surface area is 145 Å². The summed E-state index contributed by atoms with van der Waals surface area (Å²) < 4.78 is 51.6. The molecule has 5 nitrogen and oxygen atoms in total. The molecule has 0 saturated carbocycles. The molecule has 0 bridgehead atoms. The lowest BCUT2D eigenvalue weighted by Crippen LogP contribution is -2.40. The van der Waals surface area contributed by atoms with Crippen molar-refractivity contribution in [1.82, 2.24) is 10.2 Å². The molecule has 2 N–H and O–H groups in total. The summed E-state index contributed by atoms with van der Waals surface area (Å²) in [6.07, 6.45) is -4.44. The quantitative estimate of drug-likeness (QED) is 0.787. The van der Waals surface area contributed by atoms with Crippen LogP contribution in [0.25, 0.3) is 0 Å². The van der Waals surface area contributed by atoms with Crippen LogP contribution in [-0.2, 0) is 11.2 Å². The number of amides is 2. The third-order valence-electron chi connectivity index (χ3n) is 4.03. The van der Waals surface area contributed by atoms with Gasteiger partial charge in [0.25, 0.3) is 0 Å². The molecule has 1 aliphatic heterocycles. The zero-order valence-corrected chi connectivity index (χ0v) is 13.6. The molecular weight excluding hydrogens is 368 g/mol. The van der Waals surface area contributed by atoms with Crippen LogP contribution in [-0.4, -0.2) is 47.8 Å². The number of carbonyl (C=O) groups excluding carboxylic acids is 1. The van der Waals surface area contributed by atoms with Crippen molar-refractivity contribution in [2.75, 3.05) is 19.6 Å². The highest BCUT2D eigenvalue weighted by atomic mass is 35.5. The Balaban J connectivity index is 1.92. The topological polar surface area (TPSA) is 69.6 Å². The predicted molar refractivity (Wildman–Crippen MR) is 80.8 cm³/mol. The molecule has 1 heterocycles. The van der Waals surface area contributed by atoms with Gasteiger partial charge >= 0.3 is 18.2 Å². The van der Waals surface area contributed by atoms with E-state index in [-0.39, 0.29) is 18.0 Å². The first-order valence-electron chi connectivity index (χ1n) is 7.36. The van der Waals surface area contributed by atoms with Crippen molar-refractivity contribution >= 4 is 23.6 Å². The van der Waals surface area contributed by atoms with E-state index in [0.717, 1.165) is 11.0 Å². The number of halogens is 5. The minimum absolute atomic E-state index is 0.0646. The van der Waals surface area contributed by atoms with Crippen molar-refractivity contribution < 1.29 is 32.3 Å². The maximum absolute atomic E-state index is 12.9. The number of alkyl halides is 3. The number of benzene rings is 1. The number of nitrogens with zero attached hydrogens (tertiary/aromatic N) is 1. The molecule has 1 aromatic rings. The van der Waals surface area contributed by atoms with Gasteiger partial charge in [0, 0.05) is 24.7 Å². The predicted octanol–water partition coefficient (Wildman–Crippen LogP) is 2.93. The van der Waals surface area contributed by atoms with E-state index >= 15 is 0 Å². The van der Waals surface area contributed by atoms with Crippen LogP contribution in [0.2, 0.25) is 5.02 Å². The van der Waals surface area contributed by atoms with Crippen LogP contribution < -0.4 is 5.32 Å². The van der Waals surface area contributed by atoms with E-state index in [9.17, 15) is 27.2 Å². The molecular formula is C15H15ClF4N2O3. The van der Waals surface area contributed by atoms with Gasteiger partial charge in [-0.05, 0) is 24.1 Å². The average molecular weight is 383 g/mol. The van der Waals surface area contributed by atoms with Gasteiger partial charge in [0.1, 0.15) is 5.82 Å². The Kier molecular flexibility index (Phi) is 5.76. The van der Waals surface area contributed by atoms with Crippen molar-refractivity contribution in [1.29, 1.82) is 0 Å². The summed E-state index contributed by atoms with van der Waals surface area (Å²) in [5.41, 5.74) is 0.571. The van der Waals surface area contributed by atoms with Crippen LogP contribution in [0.5, 0.6) is 0 Å². The smallest absolute Gasteiger partial charge is 0.394 e. The highest BCUT2D eigenvalue weighted by Gasteiger charge is 2.53. The van der Waals surface area contributed by atoms with E-state index in [1.807, 2.05) is 0 Å². The Morgan fingerprint density at radius 1 is 1.32 bits per heavy atom. The van der Waals surface area contributed by atoms with Gasteiger partial charge in [-0.3, -0.25) is 4.79 Å². The number of likely N-dealkylation sites (tertiary alicyclic amines) is 1. The zero-order valence-electron chi connectivity index (χ0n) is 12.8. The molecule has 1 saturated heterocycles. The Hall–Kier alpha value is -2.03. The molecule has 1 aromatic carbocycles. The number of carboxylic acids is 1. The van der Waals surface area contributed by atoms with Crippen LogP contribution >= 0.6 is 11.6 Å². The largest absolute Gasteiger partial charge is 0.481 e. The fourth-order valence-electron chi connectivity index (χ4n) is 2.69. The minimum Gasteiger partial charge on any atom is -0.481 e. The van der Waals surface area contributed by atoms with Crippen LogP contribution in [0.4, 0.5) is 22.4 Å². The van der Waals surface area contributed by atoms with E-state index in [1.165, 1.54) is 12.1 Å². The SMILES string of the molecule is O=C(O)[C@@H]1CN(C(=O)NCCc2ccc(F)cc2Cl)C[C@H]1C(F)(F)F. The number of nitrogens with one attached hydrogen (secondary N) is 1. The van der Waals surface area contributed by atoms with Crippen molar-refractivity contribution in [3.63, 3.8) is 0 Å². The summed E-state index contributed by atoms with van der Waals surface area (Å²) in [5.74, 6) is -5.87. The molecule has 1 fully saturated rings. The van der Waals surface area contributed by atoms with Crippen molar-refractivity contribution in [2.24, 2.45) is 11.8 Å². The van der Waals surface area contributed by atoms with Gasteiger partial charge in [0.2, 0.25) is 0 Å². The second-order valence-electron chi connectivity index (χ2n) is 5.72. The summed E-state index contributed by atoms with van der Waals surface area (Å²) in [5, 5.41) is 11.5. The second-order valence-corrected chi connectivity index (χ2v) is 6.12. The van der Waals surface area contributed by atoms with Gasteiger partial charge in [0.05, 0.1) is 11.8 Å². The summed E-state index contributed by atoms with van der Waals surface area (Å²) >= 11 is 5.84. The molecule has 2 atom stereocenters. The second kappa shape index (κ2) is 7.47. The fourth-order valence-corrected chi connectivity index (χ4v) is 2.95. The first-order chi connectivity index (χ1) is 11.6. The third kappa shape index (κ3) is 4.75. The lowest BCUT2D eigenvalue weighted by Gasteiger charge is -2.18. The van der Waals surface area contributed by atoms with Crippen molar-refractivity contribution in [3.05, 3.63) is 34.6 Å². The van der Waals surface area contributed by atoms with Gasteiger partial charge in [-0.15, -0.1) is 0 Å². The summed E-state index contributed by atoms with van der Waals surface area (Å²) in [6.45, 7) is -1.15. The number of aliphatic carboxylic acids is 1. The zero-order chi connectivity index (χ0) is 18.8. The van der Waals surface area contributed by atoms with Gasteiger partial charge in [-0.25, -0.2) is 9.18 Å². The number of hydrogen-bond donors (Lipinski definition) is 2. The molecule has 1 aliphatic rings. The minimum atomic E-state index is -4.69. The van der Waals surface area contributed by atoms with Gasteiger partial charge < -0.3 is 15.3 Å². The van der Waals surface area contributed by atoms with E-state index in [4.69, 9.17) is 16.7 Å². The molecule has 138 valence electrons. The molecule has 0 aliphatic carbocycles. The monoisotopic (exact) mass is 382 g/mol. The van der Waals surface area contributed by atoms with E-state index in [2.05, 4.69) is 5.32 Å². The van der Waals surface area contributed by atoms with E-state index in [1.54, 1.807) is 0 Å². The Morgan fingerprint density at radius 3 is 2.52 bits per heavy atom.